The van der Waals surface area contributed by atoms with Gasteiger partial charge in [0.15, 0.2) is 5.96 Å². The van der Waals surface area contributed by atoms with Gasteiger partial charge in [-0.25, -0.2) is 4.98 Å². The van der Waals surface area contributed by atoms with Crippen molar-refractivity contribution in [3.05, 3.63) is 51.5 Å². The SMILES string of the molecule is CN=C(NCc1ccc(CN2CCCC2)cc1)NCc1ncc(C)s1. The van der Waals surface area contributed by atoms with E-state index < -0.39 is 0 Å². The molecule has 0 saturated carbocycles. The predicted octanol–water partition coefficient (Wildman–Crippen LogP) is 2.91. The fourth-order valence-corrected chi connectivity index (χ4v) is 3.74. The topological polar surface area (TPSA) is 52.6 Å². The highest BCUT2D eigenvalue weighted by atomic mass is 32.1. The molecule has 1 aromatic heterocycles. The van der Waals surface area contributed by atoms with Gasteiger partial charge in [0, 0.05) is 31.2 Å². The number of guanidine groups is 1. The van der Waals surface area contributed by atoms with Crippen molar-refractivity contribution in [2.75, 3.05) is 20.1 Å². The highest BCUT2D eigenvalue weighted by molar-refractivity contribution is 7.11. The van der Waals surface area contributed by atoms with Gasteiger partial charge >= 0.3 is 0 Å². The third-order valence-electron chi connectivity index (χ3n) is 4.39. The van der Waals surface area contributed by atoms with E-state index in [2.05, 4.69) is 56.7 Å². The average molecular weight is 358 g/mol. The minimum Gasteiger partial charge on any atom is -0.352 e. The Morgan fingerprint density at radius 1 is 1.12 bits per heavy atom. The number of rotatable bonds is 6. The van der Waals surface area contributed by atoms with E-state index in [0.29, 0.717) is 6.54 Å². The first-order valence-electron chi connectivity index (χ1n) is 8.89. The van der Waals surface area contributed by atoms with Crippen molar-refractivity contribution >= 4 is 17.3 Å². The Kier molecular flexibility index (Phi) is 6.42. The van der Waals surface area contributed by atoms with E-state index in [-0.39, 0.29) is 0 Å². The van der Waals surface area contributed by atoms with E-state index in [0.717, 1.165) is 24.1 Å². The molecular formula is C19H27N5S. The molecule has 0 amide bonds. The lowest BCUT2D eigenvalue weighted by molar-refractivity contribution is 0.331. The fraction of sp³-hybridized carbons (Fsp3) is 0.474. The maximum Gasteiger partial charge on any atom is 0.191 e. The average Bonchev–Trinajstić information content (AvgIpc) is 3.28. The van der Waals surface area contributed by atoms with Crippen LogP contribution in [0.2, 0.25) is 0 Å². The van der Waals surface area contributed by atoms with E-state index in [9.17, 15) is 0 Å². The summed E-state index contributed by atoms with van der Waals surface area (Å²) in [6.45, 7) is 7.09. The van der Waals surface area contributed by atoms with Crippen molar-refractivity contribution in [2.45, 2.75) is 39.4 Å². The summed E-state index contributed by atoms with van der Waals surface area (Å²) in [6.07, 6.45) is 4.59. The molecule has 1 aliphatic heterocycles. The highest BCUT2D eigenvalue weighted by Gasteiger charge is 2.11. The number of hydrogen-bond acceptors (Lipinski definition) is 4. The minimum atomic E-state index is 0.701. The molecule has 0 spiro atoms. The van der Waals surface area contributed by atoms with Gasteiger partial charge in [-0.2, -0.15) is 0 Å². The number of aromatic nitrogens is 1. The van der Waals surface area contributed by atoms with Gasteiger partial charge in [0.2, 0.25) is 0 Å². The molecule has 2 aromatic rings. The Bertz CT molecular complexity index is 686. The maximum atomic E-state index is 4.36. The molecule has 2 heterocycles. The second-order valence-corrected chi connectivity index (χ2v) is 7.76. The zero-order valence-corrected chi connectivity index (χ0v) is 15.9. The van der Waals surface area contributed by atoms with Gasteiger partial charge in [-0.3, -0.25) is 9.89 Å². The van der Waals surface area contributed by atoms with Gasteiger partial charge in [-0.1, -0.05) is 24.3 Å². The molecule has 2 N–H and O–H groups in total. The van der Waals surface area contributed by atoms with Crippen LogP contribution in [-0.4, -0.2) is 36.0 Å². The summed E-state index contributed by atoms with van der Waals surface area (Å²) in [4.78, 5) is 12.4. The lowest BCUT2D eigenvalue weighted by atomic mass is 10.1. The molecule has 0 bridgehead atoms. The number of aryl methyl sites for hydroxylation is 1. The summed E-state index contributed by atoms with van der Waals surface area (Å²) in [5.74, 6) is 0.800. The molecule has 3 rings (SSSR count). The zero-order valence-electron chi connectivity index (χ0n) is 15.1. The molecule has 134 valence electrons. The molecule has 1 saturated heterocycles. The zero-order chi connectivity index (χ0) is 17.5. The lowest BCUT2D eigenvalue weighted by Crippen LogP contribution is -2.36. The van der Waals surface area contributed by atoms with E-state index in [4.69, 9.17) is 0 Å². The number of likely N-dealkylation sites (tertiary alicyclic amines) is 1. The first-order chi connectivity index (χ1) is 12.2. The van der Waals surface area contributed by atoms with Crippen LogP contribution in [0.1, 0.15) is 33.9 Å². The monoisotopic (exact) mass is 357 g/mol. The van der Waals surface area contributed by atoms with Crippen LogP contribution < -0.4 is 10.6 Å². The van der Waals surface area contributed by atoms with E-state index in [1.165, 1.54) is 41.9 Å². The summed E-state index contributed by atoms with van der Waals surface area (Å²) in [5.41, 5.74) is 2.66. The molecule has 25 heavy (non-hydrogen) atoms. The first kappa shape index (κ1) is 17.9. The van der Waals surface area contributed by atoms with Crippen LogP contribution in [0.15, 0.2) is 35.5 Å². The van der Waals surface area contributed by atoms with Gasteiger partial charge in [-0.15, -0.1) is 11.3 Å². The summed E-state index contributed by atoms with van der Waals surface area (Å²) < 4.78 is 0. The predicted molar refractivity (Wildman–Crippen MR) is 105 cm³/mol. The van der Waals surface area contributed by atoms with Crippen molar-refractivity contribution < 1.29 is 0 Å². The van der Waals surface area contributed by atoms with Gasteiger partial charge in [0.25, 0.3) is 0 Å². The Balaban J connectivity index is 1.44. The van der Waals surface area contributed by atoms with Gasteiger partial charge in [0.05, 0.1) is 6.54 Å². The molecule has 0 atom stereocenters. The Labute approximate surface area is 154 Å². The lowest BCUT2D eigenvalue weighted by Gasteiger charge is -2.15. The van der Waals surface area contributed by atoms with E-state index >= 15 is 0 Å². The maximum absolute atomic E-state index is 4.36. The second-order valence-electron chi connectivity index (χ2n) is 6.44. The normalized spacial score (nSPS) is 15.5. The number of nitrogens with zero attached hydrogens (tertiary/aromatic N) is 3. The smallest absolute Gasteiger partial charge is 0.191 e. The summed E-state index contributed by atoms with van der Waals surface area (Å²) >= 11 is 1.71. The van der Waals surface area contributed by atoms with Crippen LogP contribution in [0.3, 0.4) is 0 Å². The van der Waals surface area contributed by atoms with Gasteiger partial charge in [-0.05, 0) is 44.0 Å². The van der Waals surface area contributed by atoms with Crippen LogP contribution in [0, 0.1) is 6.92 Å². The van der Waals surface area contributed by atoms with Crippen LogP contribution in [-0.2, 0) is 19.6 Å². The first-order valence-corrected chi connectivity index (χ1v) is 9.70. The van der Waals surface area contributed by atoms with Crippen molar-refractivity contribution in [3.63, 3.8) is 0 Å². The summed E-state index contributed by atoms with van der Waals surface area (Å²) in [6, 6.07) is 8.89. The quantitative estimate of drug-likeness (QED) is 0.617. The van der Waals surface area contributed by atoms with Gasteiger partial charge < -0.3 is 10.6 Å². The third-order valence-corrected chi connectivity index (χ3v) is 5.30. The van der Waals surface area contributed by atoms with Crippen molar-refractivity contribution in [2.24, 2.45) is 4.99 Å². The standard InChI is InChI=1S/C19H27N5S/c1-15-11-21-18(25-15)13-23-19(20-2)22-12-16-5-7-17(8-6-16)14-24-9-3-4-10-24/h5-8,11H,3-4,9-10,12-14H2,1-2H3,(H2,20,22,23). The van der Waals surface area contributed by atoms with Gasteiger partial charge in [0.1, 0.15) is 5.01 Å². The molecule has 0 aliphatic carbocycles. The van der Waals surface area contributed by atoms with Crippen molar-refractivity contribution in [1.29, 1.82) is 0 Å². The molecule has 0 unspecified atom stereocenters. The van der Waals surface area contributed by atoms with Crippen molar-refractivity contribution in [3.8, 4) is 0 Å². The van der Waals surface area contributed by atoms with Crippen LogP contribution >= 0.6 is 11.3 Å². The van der Waals surface area contributed by atoms with Crippen LogP contribution in [0.5, 0.6) is 0 Å². The summed E-state index contributed by atoms with van der Waals surface area (Å²) in [7, 11) is 1.79. The van der Waals surface area contributed by atoms with Crippen LogP contribution in [0.4, 0.5) is 0 Å². The number of aliphatic imine (C=N–C) groups is 1. The highest BCUT2D eigenvalue weighted by Crippen LogP contribution is 2.13. The Hall–Kier alpha value is -1.92. The molecule has 1 fully saturated rings. The molecule has 1 aliphatic rings. The third kappa shape index (κ3) is 5.54. The molecule has 5 nitrogen and oxygen atoms in total. The van der Waals surface area contributed by atoms with Crippen molar-refractivity contribution in [1.82, 2.24) is 20.5 Å². The fourth-order valence-electron chi connectivity index (χ4n) is 3.01. The number of thiazole rings is 1. The largest absolute Gasteiger partial charge is 0.352 e. The number of benzene rings is 1. The molecule has 1 aromatic carbocycles. The molecule has 0 radical (unpaired) electrons. The number of hydrogen-bond donors (Lipinski definition) is 2. The van der Waals surface area contributed by atoms with E-state index in [1.807, 2.05) is 6.20 Å². The Morgan fingerprint density at radius 2 is 1.80 bits per heavy atom. The molecule has 6 heteroatoms. The van der Waals surface area contributed by atoms with Crippen LogP contribution in [0.25, 0.3) is 0 Å². The second kappa shape index (κ2) is 8.97. The summed E-state index contributed by atoms with van der Waals surface area (Å²) in [5, 5.41) is 7.75. The van der Waals surface area contributed by atoms with E-state index in [1.54, 1.807) is 18.4 Å². The Morgan fingerprint density at radius 3 is 2.44 bits per heavy atom. The number of nitrogens with one attached hydrogen (secondary N) is 2. The molecular weight excluding hydrogens is 330 g/mol. The minimum absolute atomic E-state index is 0.701.